The Labute approximate surface area is 184 Å². The average Bonchev–Trinajstić information content (AvgIpc) is 2.74. The second-order valence-electron chi connectivity index (χ2n) is 9.03. The molecule has 2 bridgehead atoms. The Balaban J connectivity index is 1.57. The highest BCUT2D eigenvalue weighted by atomic mass is 32.2. The summed E-state index contributed by atoms with van der Waals surface area (Å²) in [7, 11) is -1.78. The summed E-state index contributed by atoms with van der Waals surface area (Å²) >= 11 is 0. The summed E-state index contributed by atoms with van der Waals surface area (Å²) in [5, 5.41) is 0. The fourth-order valence-electron chi connectivity index (χ4n) is 5.59. The maximum Gasteiger partial charge on any atom is 0.237 e. The number of methoxy groups -OCH3 is 1. The zero-order valence-corrected chi connectivity index (χ0v) is 18.9. The van der Waals surface area contributed by atoms with Gasteiger partial charge in [0, 0.05) is 31.6 Å². The lowest BCUT2D eigenvalue weighted by atomic mass is 9.70. The number of rotatable bonds is 6. The number of amides is 2. The van der Waals surface area contributed by atoms with Crippen LogP contribution in [0.4, 0.5) is 0 Å². The van der Waals surface area contributed by atoms with Gasteiger partial charge in [0.1, 0.15) is 5.75 Å². The average molecular weight is 450 g/mol. The molecule has 3 aliphatic heterocycles. The first-order valence-electron chi connectivity index (χ1n) is 10.9. The number of ether oxygens (including phenoxy) is 1. The summed E-state index contributed by atoms with van der Waals surface area (Å²) in [5.74, 6) is 1.23. The third-order valence-electron chi connectivity index (χ3n) is 6.91. The summed E-state index contributed by atoms with van der Waals surface area (Å²) in [4.78, 5) is 29.6. The number of likely N-dealkylation sites (tertiary alicyclic amines) is 1. The second kappa shape index (κ2) is 8.78. The van der Waals surface area contributed by atoms with Gasteiger partial charge in [0.25, 0.3) is 0 Å². The molecule has 170 valence electrons. The third-order valence-corrected chi connectivity index (χ3v) is 7.58. The molecule has 0 saturated carbocycles. The lowest BCUT2D eigenvalue weighted by molar-refractivity contribution is -0.155. The van der Waals surface area contributed by atoms with Crippen molar-refractivity contribution in [2.75, 3.05) is 33.0 Å². The van der Waals surface area contributed by atoms with Crippen molar-refractivity contribution < 1.29 is 22.7 Å². The van der Waals surface area contributed by atoms with Crippen molar-refractivity contribution in [1.82, 2.24) is 14.5 Å². The molecule has 0 aromatic heterocycles. The molecule has 0 unspecified atom stereocenters. The number of carbonyl (C=O) groups excluding carboxylic acids is 2. The molecule has 2 amide bonds. The van der Waals surface area contributed by atoms with E-state index in [4.69, 9.17) is 4.74 Å². The SMILES string of the molecule is COc1cccc(C[C@H]2[C@H]3C[C@H](CN(C(=O)CNS(C)(=O)=O)C3)[C@@H]3CCCC(=O)N32)c1. The second-order valence-corrected chi connectivity index (χ2v) is 10.9. The topological polar surface area (TPSA) is 96.0 Å². The van der Waals surface area contributed by atoms with E-state index in [2.05, 4.69) is 15.7 Å². The van der Waals surface area contributed by atoms with Crippen LogP contribution in [0.2, 0.25) is 0 Å². The molecule has 1 aromatic carbocycles. The largest absolute Gasteiger partial charge is 0.497 e. The first kappa shape index (κ1) is 22.1. The van der Waals surface area contributed by atoms with E-state index < -0.39 is 10.0 Å². The van der Waals surface area contributed by atoms with Crippen LogP contribution >= 0.6 is 0 Å². The molecule has 3 fully saturated rings. The van der Waals surface area contributed by atoms with Gasteiger partial charge in [0.2, 0.25) is 21.8 Å². The Morgan fingerprint density at radius 2 is 2.03 bits per heavy atom. The Kier molecular flexibility index (Phi) is 6.25. The van der Waals surface area contributed by atoms with E-state index in [1.54, 1.807) is 12.0 Å². The van der Waals surface area contributed by atoms with Crippen LogP contribution < -0.4 is 9.46 Å². The van der Waals surface area contributed by atoms with Gasteiger partial charge in [-0.15, -0.1) is 0 Å². The molecule has 31 heavy (non-hydrogen) atoms. The lowest BCUT2D eigenvalue weighted by Crippen LogP contribution is -2.66. The molecule has 3 heterocycles. The molecular formula is C22H31N3O5S. The fourth-order valence-corrected chi connectivity index (χ4v) is 5.97. The van der Waals surface area contributed by atoms with Crippen molar-refractivity contribution in [1.29, 1.82) is 0 Å². The molecule has 3 aliphatic rings. The molecule has 8 nitrogen and oxygen atoms in total. The Morgan fingerprint density at radius 3 is 2.77 bits per heavy atom. The van der Waals surface area contributed by atoms with Gasteiger partial charge < -0.3 is 14.5 Å². The highest BCUT2D eigenvalue weighted by Crippen LogP contribution is 2.42. The summed E-state index contributed by atoms with van der Waals surface area (Å²) in [6.07, 6.45) is 5.21. The smallest absolute Gasteiger partial charge is 0.237 e. The third kappa shape index (κ3) is 4.87. The number of hydrogen-bond donors (Lipinski definition) is 1. The van der Waals surface area contributed by atoms with E-state index in [9.17, 15) is 18.0 Å². The van der Waals surface area contributed by atoms with Crippen molar-refractivity contribution in [2.24, 2.45) is 11.8 Å². The van der Waals surface area contributed by atoms with Crippen LogP contribution in [0.3, 0.4) is 0 Å². The monoisotopic (exact) mass is 449 g/mol. The van der Waals surface area contributed by atoms with Crippen LogP contribution in [0.5, 0.6) is 5.75 Å². The number of piperidine rings is 3. The van der Waals surface area contributed by atoms with Crippen molar-refractivity contribution in [3.05, 3.63) is 29.8 Å². The van der Waals surface area contributed by atoms with Gasteiger partial charge in [-0.1, -0.05) is 12.1 Å². The first-order chi connectivity index (χ1) is 14.7. The highest BCUT2D eigenvalue weighted by molar-refractivity contribution is 7.88. The minimum absolute atomic E-state index is 0.0274. The number of nitrogens with one attached hydrogen (secondary N) is 1. The van der Waals surface area contributed by atoms with E-state index in [1.807, 2.05) is 18.2 Å². The minimum Gasteiger partial charge on any atom is -0.497 e. The van der Waals surface area contributed by atoms with E-state index in [-0.39, 0.29) is 42.3 Å². The Hall–Kier alpha value is -2.13. The van der Waals surface area contributed by atoms with E-state index in [1.165, 1.54) is 0 Å². The Morgan fingerprint density at radius 1 is 1.26 bits per heavy atom. The van der Waals surface area contributed by atoms with Gasteiger partial charge in [-0.2, -0.15) is 0 Å². The van der Waals surface area contributed by atoms with Crippen LogP contribution in [-0.4, -0.2) is 75.1 Å². The summed E-state index contributed by atoms with van der Waals surface area (Å²) in [6.45, 7) is 0.916. The summed E-state index contributed by atoms with van der Waals surface area (Å²) < 4.78 is 30.5. The molecule has 0 radical (unpaired) electrons. The maximum atomic E-state index is 13.0. The number of carbonyl (C=O) groups is 2. The van der Waals surface area contributed by atoms with Gasteiger partial charge in [-0.05, 0) is 55.2 Å². The summed E-state index contributed by atoms with van der Waals surface area (Å²) in [5.41, 5.74) is 1.11. The van der Waals surface area contributed by atoms with Gasteiger partial charge in [-0.3, -0.25) is 9.59 Å². The molecule has 1 aromatic rings. The van der Waals surface area contributed by atoms with E-state index in [0.717, 1.165) is 43.3 Å². The lowest BCUT2D eigenvalue weighted by Gasteiger charge is -2.56. The molecule has 0 aliphatic carbocycles. The number of nitrogens with zero attached hydrogens (tertiary/aromatic N) is 2. The summed E-state index contributed by atoms with van der Waals surface area (Å²) in [6, 6.07) is 8.11. The van der Waals surface area contributed by atoms with Crippen LogP contribution in [0.25, 0.3) is 0 Å². The molecule has 0 spiro atoms. The number of sulfonamides is 1. The standard InChI is InChI=1S/C22H31N3O5S/c1-30-18-6-3-5-15(9-18)10-20-17-11-16(19-7-4-8-21(26)25(19)20)13-24(14-17)22(27)12-23-31(2,28)29/h3,5-6,9,16-17,19-20,23H,4,7-8,10-14H2,1-2H3/t16-,17+,19+,20+/m1/s1. The van der Waals surface area contributed by atoms with Gasteiger partial charge >= 0.3 is 0 Å². The van der Waals surface area contributed by atoms with Crippen molar-refractivity contribution in [3.63, 3.8) is 0 Å². The van der Waals surface area contributed by atoms with Crippen LogP contribution in [-0.2, 0) is 26.0 Å². The fraction of sp³-hybridized carbons (Fsp3) is 0.636. The molecule has 1 N–H and O–H groups in total. The van der Waals surface area contributed by atoms with Gasteiger partial charge in [-0.25, -0.2) is 13.1 Å². The first-order valence-corrected chi connectivity index (χ1v) is 12.8. The molecule has 3 saturated heterocycles. The quantitative estimate of drug-likeness (QED) is 0.700. The zero-order valence-electron chi connectivity index (χ0n) is 18.1. The van der Waals surface area contributed by atoms with Crippen molar-refractivity contribution in [2.45, 2.75) is 44.2 Å². The number of benzene rings is 1. The normalized spacial score (nSPS) is 28.3. The molecular weight excluding hydrogens is 418 g/mol. The number of hydrogen-bond acceptors (Lipinski definition) is 5. The molecule has 9 heteroatoms. The van der Waals surface area contributed by atoms with E-state index in [0.29, 0.717) is 19.5 Å². The maximum absolute atomic E-state index is 13.0. The minimum atomic E-state index is -3.42. The van der Waals surface area contributed by atoms with Crippen LogP contribution in [0.15, 0.2) is 24.3 Å². The molecule has 4 rings (SSSR count). The van der Waals surface area contributed by atoms with Gasteiger partial charge in [0.15, 0.2) is 0 Å². The van der Waals surface area contributed by atoms with Crippen LogP contribution in [0.1, 0.15) is 31.2 Å². The zero-order chi connectivity index (χ0) is 22.2. The van der Waals surface area contributed by atoms with Crippen molar-refractivity contribution in [3.8, 4) is 5.75 Å². The van der Waals surface area contributed by atoms with Crippen molar-refractivity contribution >= 4 is 21.8 Å². The highest BCUT2D eigenvalue weighted by Gasteiger charge is 2.49. The number of fused-ring (bicyclic) bond motifs is 4. The van der Waals surface area contributed by atoms with Gasteiger partial charge in [0.05, 0.1) is 19.9 Å². The van der Waals surface area contributed by atoms with Crippen LogP contribution in [0, 0.1) is 11.8 Å². The van der Waals surface area contributed by atoms with E-state index >= 15 is 0 Å². The predicted octanol–water partition coefficient (Wildman–Crippen LogP) is 1.01. The molecule has 4 atom stereocenters. The predicted molar refractivity (Wildman–Crippen MR) is 116 cm³/mol. The Bertz CT molecular complexity index is 950.